The van der Waals surface area contributed by atoms with E-state index in [4.69, 9.17) is 0 Å². The van der Waals surface area contributed by atoms with E-state index in [1.807, 2.05) is 49.1 Å². The number of aromatic nitrogens is 1. The molecular formula is C27H30N4O2S. The lowest BCUT2D eigenvalue weighted by Crippen LogP contribution is -2.52. The average Bonchev–Trinajstić information content (AvgIpc) is 3.26. The van der Waals surface area contributed by atoms with Gasteiger partial charge < -0.3 is 15.1 Å². The summed E-state index contributed by atoms with van der Waals surface area (Å²) in [5.41, 5.74) is 4.22. The van der Waals surface area contributed by atoms with Gasteiger partial charge in [-0.25, -0.2) is 0 Å². The van der Waals surface area contributed by atoms with Crippen LogP contribution in [0.4, 0.5) is 11.4 Å². The zero-order valence-electron chi connectivity index (χ0n) is 19.7. The number of aryl methyl sites for hydroxylation is 2. The number of carbonyl (C=O) groups is 2. The molecule has 176 valence electrons. The van der Waals surface area contributed by atoms with E-state index in [0.717, 1.165) is 61.0 Å². The Morgan fingerprint density at radius 1 is 1.00 bits per heavy atom. The Bertz CT molecular complexity index is 1180. The fourth-order valence-electron chi connectivity index (χ4n) is 4.86. The molecule has 1 aromatic carbocycles. The first-order valence-corrected chi connectivity index (χ1v) is 12.7. The molecule has 2 aromatic heterocycles. The maximum Gasteiger partial charge on any atom is 0.263 e. The van der Waals surface area contributed by atoms with Crippen LogP contribution in [0.3, 0.4) is 0 Å². The second-order valence-electron chi connectivity index (χ2n) is 9.30. The minimum absolute atomic E-state index is 0.00622. The number of anilines is 2. The van der Waals surface area contributed by atoms with Gasteiger partial charge in [-0.15, -0.1) is 11.3 Å². The Morgan fingerprint density at radius 2 is 1.74 bits per heavy atom. The van der Waals surface area contributed by atoms with Gasteiger partial charge in [0.2, 0.25) is 5.91 Å². The number of benzene rings is 1. The Labute approximate surface area is 204 Å². The summed E-state index contributed by atoms with van der Waals surface area (Å²) in [6.45, 7) is 7.04. The molecule has 2 aliphatic rings. The summed E-state index contributed by atoms with van der Waals surface area (Å²) in [7, 11) is 0. The predicted molar refractivity (Wildman–Crippen MR) is 137 cm³/mol. The van der Waals surface area contributed by atoms with Crippen molar-refractivity contribution in [3.8, 4) is 0 Å². The molecule has 2 fully saturated rings. The molecule has 5 rings (SSSR count). The molecular weight excluding hydrogens is 444 g/mol. The van der Waals surface area contributed by atoms with E-state index < -0.39 is 0 Å². The molecule has 2 saturated heterocycles. The molecule has 2 amide bonds. The third kappa shape index (κ3) is 4.71. The Kier molecular flexibility index (Phi) is 6.37. The molecule has 1 N–H and O–H groups in total. The van der Waals surface area contributed by atoms with E-state index in [0.29, 0.717) is 5.92 Å². The fourth-order valence-corrected chi connectivity index (χ4v) is 5.69. The van der Waals surface area contributed by atoms with Crippen molar-refractivity contribution >= 4 is 34.5 Å². The minimum atomic E-state index is -0.00622. The van der Waals surface area contributed by atoms with Gasteiger partial charge in [-0.2, -0.15) is 0 Å². The maximum absolute atomic E-state index is 12.7. The van der Waals surface area contributed by atoms with E-state index in [2.05, 4.69) is 33.4 Å². The number of nitrogens with one attached hydrogen (secondary N) is 1. The van der Waals surface area contributed by atoms with Gasteiger partial charge in [0.25, 0.3) is 5.91 Å². The fraction of sp³-hybridized carbons (Fsp3) is 0.370. The van der Waals surface area contributed by atoms with E-state index in [1.54, 1.807) is 17.5 Å². The molecule has 3 aromatic rings. The molecule has 0 radical (unpaired) electrons. The predicted octanol–water partition coefficient (Wildman–Crippen LogP) is 4.85. The van der Waals surface area contributed by atoms with E-state index in [9.17, 15) is 9.59 Å². The van der Waals surface area contributed by atoms with Crippen molar-refractivity contribution in [3.05, 3.63) is 75.7 Å². The molecule has 0 aliphatic carbocycles. The molecule has 0 atom stereocenters. The number of thiophene rings is 1. The Hall–Kier alpha value is -3.19. The van der Waals surface area contributed by atoms with Crippen molar-refractivity contribution in [2.24, 2.45) is 5.92 Å². The summed E-state index contributed by atoms with van der Waals surface area (Å²) in [6, 6.07) is 16.2. The number of piperidine rings is 1. The standard InChI is InChI=1S/C27H30N4O2S/c1-18-5-10-25(34-18)27(33)30-14-11-21(12-15-30)20-6-8-23(9-7-20)29-26(32)22-16-31(17-22)24-4-3-13-28-19(24)2/h3-10,13,21-22H,11-12,14-17H2,1-2H3,(H,29,32). The van der Waals surface area contributed by atoms with Crippen LogP contribution >= 0.6 is 11.3 Å². The second kappa shape index (κ2) is 9.58. The number of carbonyl (C=O) groups excluding carboxylic acids is 2. The third-order valence-corrected chi connectivity index (χ3v) is 7.94. The van der Waals surface area contributed by atoms with Gasteiger partial charge in [-0.3, -0.25) is 14.6 Å². The van der Waals surface area contributed by atoms with Crippen molar-refractivity contribution in [1.29, 1.82) is 0 Å². The number of nitrogens with zero attached hydrogens (tertiary/aromatic N) is 3. The Morgan fingerprint density at radius 3 is 2.38 bits per heavy atom. The van der Waals surface area contributed by atoms with Gasteiger partial charge in [0.05, 0.1) is 22.2 Å². The van der Waals surface area contributed by atoms with Crippen LogP contribution in [0.5, 0.6) is 0 Å². The van der Waals surface area contributed by atoms with Gasteiger partial charge in [0.15, 0.2) is 0 Å². The number of rotatable bonds is 5. The van der Waals surface area contributed by atoms with E-state index >= 15 is 0 Å². The molecule has 4 heterocycles. The SMILES string of the molecule is Cc1ccc(C(=O)N2CCC(c3ccc(NC(=O)C4CN(c5cccnc5C)C4)cc3)CC2)s1. The molecule has 0 saturated carbocycles. The van der Waals surface area contributed by atoms with Crippen molar-refractivity contribution in [1.82, 2.24) is 9.88 Å². The summed E-state index contributed by atoms with van der Waals surface area (Å²) in [5, 5.41) is 3.07. The third-order valence-electron chi connectivity index (χ3n) is 6.96. The lowest BCUT2D eigenvalue weighted by atomic mass is 9.89. The van der Waals surface area contributed by atoms with Gasteiger partial charge in [0.1, 0.15) is 0 Å². The van der Waals surface area contributed by atoms with Gasteiger partial charge in [-0.05, 0) is 74.6 Å². The van der Waals surface area contributed by atoms with Crippen molar-refractivity contribution < 1.29 is 9.59 Å². The van der Waals surface area contributed by atoms with Crippen molar-refractivity contribution in [2.45, 2.75) is 32.6 Å². The summed E-state index contributed by atoms with van der Waals surface area (Å²) >= 11 is 1.57. The molecule has 6 nitrogen and oxygen atoms in total. The largest absolute Gasteiger partial charge is 0.368 e. The number of amides is 2. The molecule has 34 heavy (non-hydrogen) atoms. The summed E-state index contributed by atoms with van der Waals surface area (Å²) in [6.07, 6.45) is 3.72. The van der Waals surface area contributed by atoms with Crippen molar-refractivity contribution in [2.75, 3.05) is 36.4 Å². The monoisotopic (exact) mass is 474 g/mol. The zero-order chi connectivity index (χ0) is 23.7. The van der Waals surface area contributed by atoms with Crippen LogP contribution in [-0.2, 0) is 4.79 Å². The first kappa shape index (κ1) is 22.6. The van der Waals surface area contributed by atoms with Crippen LogP contribution in [0.2, 0.25) is 0 Å². The summed E-state index contributed by atoms with van der Waals surface area (Å²) in [4.78, 5) is 35.9. The van der Waals surface area contributed by atoms with Crippen LogP contribution in [0.25, 0.3) is 0 Å². The summed E-state index contributed by atoms with van der Waals surface area (Å²) < 4.78 is 0. The normalized spacial score (nSPS) is 16.9. The van der Waals surface area contributed by atoms with E-state index in [-0.39, 0.29) is 17.7 Å². The first-order valence-electron chi connectivity index (χ1n) is 11.9. The minimum Gasteiger partial charge on any atom is -0.368 e. The van der Waals surface area contributed by atoms with Crippen LogP contribution in [0.15, 0.2) is 54.7 Å². The molecule has 2 aliphatic heterocycles. The number of hydrogen-bond acceptors (Lipinski definition) is 5. The van der Waals surface area contributed by atoms with Crippen LogP contribution in [-0.4, -0.2) is 47.9 Å². The highest BCUT2D eigenvalue weighted by molar-refractivity contribution is 7.13. The smallest absolute Gasteiger partial charge is 0.263 e. The lowest BCUT2D eigenvalue weighted by molar-refractivity contribution is -0.120. The zero-order valence-corrected chi connectivity index (χ0v) is 20.5. The Balaban J connectivity index is 1.10. The molecule has 0 spiro atoms. The molecule has 0 unspecified atom stereocenters. The van der Waals surface area contributed by atoms with Crippen molar-refractivity contribution in [3.63, 3.8) is 0 Å². The first-order chi connectivity index (χ1) is 16.5. The maximum atomic E-state index is 12.7. The highest BCUT2D eigenvalue weighted by Crippen LogP contribution is 2.31. The molecule has 0 bridgehead atoms. The second-order valence-corrected chi connectivity index (χ2v) is 10.6. The quantitative estimate of drug-likeness (QED) is 0.574. The van der Waals surface area contributed by atoms with Gasteiger partial charge >= 0.3 is 0 Å². The highest BCUT2D eigenvalue weighted by Gasteiger charge is 2.33. The number of pyridine rings is 1. The van der Waals surface area contributed by atoms with Crippen LogP contribution in [0.1, 0.15) is 44.6 Å². The van der Waals surface area contributed by atoms with E-state index in [1.165, 1.54) is 10.4 Å². The number of hydrogen-bond donors (Lipinski definition) is 1. The molecule has 7 heteroatoms. The number of likely N-dealkylation sites (tertiary alicyclic amines) is 1. The topological polar surface area (TPSA) is 65.5 Å². The highest BCUT2D eigenvalue weighted by atomic mass is 32.1. The van der Waals surface area contributed by atoms with Crippen LogP contribution < -0.4 is 10.2 Å². The van der Waals surface area contributed by atoms with Gasteiger partial charge in [-0.1, -0.05) is 12.1 Å². The van der Waals surface area contributed by atoms with Crippen LogP contribution in [0, 0.1) is 19.8 Å². The summed E-state index contributed by atoms with van der Waals surface area (Å²) in [5.74, 6) is 0.666. The lowest BCUT2D eigenvalue weighted by Gasteiger charge is -2.40. The van der Waals surface area contributed by atoms with Gasteiger partial charge in [0, 0.05) is 42.9 Å². The average molecular weight is 475 g/mol.